The van der Waals surface area contributed by atoms with Crippen molar-refractivity contribution in [1.29, 1.82) is 0 Å². The van der Waals surface area contributed by atoms with Gasteiger partial charge in [-0.1, -0.05) is 95.9 Å². The highest BCUT2D eigenvalue weighted by atomic mass is 31.2. The molecule has 0 spiro atoms. The standard InChI is InChI=1S/C37H50O5.C23H37O5P.C19H28O3.C9H12O3/c1-24(2)11-10-12-25(3)13-16-29-30(39-7)20-27(21-31(29)40-8)15-14-26-19-28-23-33-36(4,5)34(38)17-18-37(33,6)42-35(28)32(22-26)41-9;1-8-27-29(24,28-9-2)17-20-15-22(25-6)21(23(16-20)26-7)14-13-19(5)12-10-11-18(3)4;1-14(2)7-6-8-15(3)9-10-17-18(21-4)11-16(13-20)12-19(17)22-5;1-11-8-3-7(6-10)4-9(5-8)12-2/h11,13-15,19-22,33-34,38H,10,12,16-18,23H2,1-9H3;11,13,15-16H,8-10,12,14,17H2,1-7H3;7,9,11-12,20H,6,8,10,13H2,1-5H3;3-5,10H,6H2,1-2H3/b15-14+,25-13+;19-13+;15-9+;/t33-,34-,37-;;;/m1.../s1. The molecule has 1 saturated carbocycles. The summed E-state index contributed by atoms with van der Waals surface area (Å²) in [6.45, 7) is 30.0. The van der Waals surface area contributed by atoms with Crippen LogP contribution in [0.1, 0.15) is 198 Å². The first-order valence-corrected chi connectivity index (χ1v) is 38.4. The van der Waals surface area contributed by atoms with Gasteiger partial charge in [0.25, 0.3) is 0 Å². The monoisotopic (exact) mass is 1470 g/mol. The average molecular weight is 1470 g/mol. The molecule has 5 aromatic rings. The fourth-order valence-corrected chi connectivity index (χ4v) is 14.7. The molecule has 3 atom stereocenters. The number of hydrogen-bond donors (Lipinski definition) is 3. The highest BCUT2D eigenvalue weighted by Gasteiger charge is 2.55. The SMILES string of the molecule is CCOP(=O)(Cc1cc(OC)c(C/C=C(\C)CCC=C(C)C)c(OC)c1)OCC.COc1cc(/C=C/c2cc3c(c(OC)c2)O[C@]2(C)CC[C@@H](O)C(C)(C)[C@H]2C3)cc(OC)c1C/C=C(\C)CCC=C(C)C.COc1cc(CO)cc(OC)c1.COc1cc(CO)cc(OC)c1C/C=C(\C)CCC=C(C)C. The van der Waals surface area contributed by atoms with Gasteiger partial charge in [-0.25, -0.2) is 0 Å². The first-order chi connectivity index (χ1) is 50.0. The second kappa shape index (κ2) is 45.1. The lowest BCUT2D eigenvalue weighted by molar-refractivity contribution is -0.138. The summed E-state index contributed by atoms with van der Waals surface area (Å²) in [5.41, 5.74) is 16.1. The number of hydrogen-bond acceptors (Lipinski definition) is 16. The largest absolute Gasteiger partial charge is 0.497 e. The number of methoxy groups -OCH3 is 9. The van der Waals surface area contributed by atoms with Gasteiger partial charge in [0.1, 0.15) is 51.6 Å². The molecule has 7 rings (SSSR count). The number of benzene rings is 5. The zero-order valence-electron chi connectivity index (χ0n) is 67.7. The van der Waals surface area contributed by atoms with Gasteiger partial charge in [0.05, 0.1) is 103 Å². The maximum absolute atomic E-state index is 12.9. The normalized spacial score (nSPS) is 16.0. The van der Waals surface area contributed by atoms with Gasteiger partial charge in [-0.05, 0) is 260 Å². The summed E-state index contributed by atoms with van der Waals surface area (Å²) < 4.78 is 80.0. The highest BCUT2D eigenvalue weighted by Crippen LogP contribution is 2.56. The Bertz CT molecular complexity index is 3680. The van der Waals surface area contributed by atoms with Crippen LogP contribution in [-0.4, -0.2) is 104 Å². The van der Waals surface area contributed by atoms with Crippen molar-refractivity contribution in [3.8, 4) is 57.5 Å². The first-order valence-electron chi connectivity index (χ1n) is 36.7. The Morgan fingerprint density at radius 3 is 1.18 bits per heavy atom. The summed E-state index contributed by atoms with van der Waals surface area (Å²) in [5, 5.41) is 29.0. The Balaban J connectivity index is 0.000000322. The molecular weight excluding hydrogens is 1340 g/mol. The summed E-state index contributed by atoms with van der Waals surface area (Å²) in [5.74, 6) is 7.75. The van der Waals surface area contributed by atoms with E-state index in [1.54, 1.807) is 82.2 Å². The van der Waals surface area contributed by atoms with E-state index in [1.165, 1.54) is 33.4 Å². The lowest BCUT2D eigenvalue weighted by atomic mass is 9.57. The summed E-state index contributed by atoms with van der Waals surface area (Å²) in [4.78, 5) is 0. The van der Waals surface area contributed by atoms with Crippen LogP contribution in [-0.2, 0) is 58.7 Å². The molecule has 1 heterocycles. The smallest absolute Gasteiger partial charge is 0.335 e. The summed E-state index contributed by atoms with van der Waals surface area (Å²) in [6, 6.07) is 21.2. The molecule has 1 aliphatic carbocycles. The average Bonchev–Trinajstić information content (AvgIpc) is 0.729. The molecule has 0 radical (unpaired) electrons. The lowest BCUT2D eigenvalue weighted by Crippen LogP contribution is -2.58. The molecule has 3 N–H and O–H groups in total. The maximum atomic E-state index is 12.9. The third kappa shape index (κ3) is 28.2. The molecule has 0 unspecified atom stereocenters. The fraction of sp³-hybridized carbons (Fsp3) is 0.500. The lowest BCUT2D eigenvalue weighted by Gasteiger charge is -2.55. The molecule has 0 saturated heterocycles. The predicted molar refractivity (Wildman–Crippen MR) is 430 cm³/mol. The quantitative estimate of drug-likeness (QED) is 0.0200. The van der Waals surface area contributed by atoms with Crippen LogP contribution in [0.15, 0.2) is 137 Å². The van der Waals surface area contributed by atoms with Crippen LogP contribution in [0.5, 0.6) is 57.5 Å². The molecule has 1 fully saturated rings. The highest BCUT2D eigenvalue weighted by molar-refractivity contribution is 7.53. The minimum absolute atomic E-state index is 0.00639. The molecule has 580 valence electrons. The van der Waals surface area contributed by atoms with E-state index >= 15 is 0 Å². The van der Waals surface area contributed by atoms with Gasteiger partial charge in [0.2, 0.25) is 0 Å². The number of ether oxygens (including phenoxy) is 10. The van der Waals surface area contributed by atoms with E-state index in [4.69, 9.17) is 61.5 Å². The van der Waals surface area contributed by atoms with Crippen LogP contribution in [0, 0.1) is 11.3 Å². The van der Waals surface area contributed by atoms with Crippen molar-refractivity contribution in [2.24, 2.45) is 11.3 Å². The molecule has 0 aromatic heterocycles. The van der Waals surface area contributed by atoms with Gasteiger partial charge in [0.15, 0.2) is 11.5 Å². The topological polar surface area (TPSA) is 189 Å². The van der Waals surface area contributed by atoms with Gasteiger partial charge in [-0.3, -0.25) is 4.57 Å². The summed E-state index contributed by atoms with van der Waals surface area (Å²) >= 11 is 0. The third-order valence-electron chi connectivity index (χ3n) is 19.0. The van der Waals surface area contributed by atoms with E-state index in [9.17, 15) is 14.8 Å². The molecule has 17 heteroatoms. The molecule has 2 aliphatic rings. The van der Waals surface area contributed by atoms with E-state index in [-0.39, 0.29) is 42.4 Å². The number of aliphatic hydroxyl groups is 3. The van der Waals surface area contributed by atoms with Gasteiger partial charge in [0, 0.05) is 28.7 Å². The summed E-state index contributed by atoms with van der Waals surface area (Å²) in [6.07, 6.45) is 28.5. The second-order valence-electron chi connectivity index (χ2n) is 28.3. The minimum Gasteiger partial charge on any atom is -0.497 e. The van der Waals surface area contributed by atoms with Crippen molar-refractivity contribution in [3.05, 3.63) is 187 Å². The van der Waals surface area contributed by atoms with Crippen LogP contribution < -0.4 is 47.4 Å². The second-order valence-corrected chi connectivity index (χ2v) is 30.4. The Morgan fingerprint density at radius 1 is 0.476 bits per heavy atom. The Kier molecular flexibility index (Phi) is 38.5. The van der Waals surface area contributed by atoms with Crippen LogP contribution in [0.3, 0.4) is 0 Å². The van der Waals surface area contributed by atoms with E-state index in [2.05, 4.69) is 150 Å². The molecule has 0 amide bonds. The maximum Gasteiger partial charge on any atom is 0.335 e. The first kappa shape index (κ1) is 89.7. The molecule has 16 nitrogen and oxygen atoms in total. The van der Waals surface area contributed by atoms with Gasteiger partial charge >= 0.3 is 7.60 Å². The van der Waals surface area contributed by atoms with Crippen LogP contribution in [0.25, 0.3) is 12.2 Å². The number of fused-ring (bicyclic) bond motifs is 2. The minimum atomic E-state index is -3.20. The van der Waals surface area contributed by atoms with Gasteiger partial charge < -0.3 is 71.7 Å². The van der Waals surface area contributed by atoms with Crippen molar-refractivity contribution in [1.82, 2.24) is 0 Å². The third-order valence-corrected chi connectivity index (χ3v) is 21.1. The molecule has 5 aromatic carbocycles. The van der Waals surface area contributed by atoms with Crippen molar-refractivity contribution in [2.75, 3.05) is 77.2 Å². The van der Waals surface area contributed by atoms with Gasteiger partial charge in [-0.2, -0.15) is 0 Å². The predicted octanol–water partition coefficient (Wildman–Crippen LogP) is 20.9. The van der Waals surface area contributed by atoms with Crippen molar-refractivity contribution in [3.63, 3.8) is 0 Å². The van der Waals surface area contributed by atoms with E-state index in [1.807, 2.05) is 44.2 Å². The number of rotatable bonds is 34. The fourth-order valence-electron chi connectivity index (χ4n) is 13.0. The zero-order chi connectivity index (χ0) is 78.0. The molecule has 1 aliphatic heterocycles. The van der Waals surface area contributed by atoms with Crippen molar-refractivity contribution >= 4 is 19.7 Å². The molecule has 0 bridgehead atoms. The Morgan fingerprint density at radius 2 is 0.829 bits per heavy atom. The van der Waals surface area contributed by atoms with Crippen molar-refractivity contribution < 1.29 is 76.3 Å². The van der Waals surface area contributed by atoms with Crippen molar-refractivity contribution in [2.45, 2.75) is 205 Å². The molecule has 105 heavy (non-hydrogen) atoms. The number of aliphatic hydroxyl groups excluding tert-OH is 3. The van der Waals surface area contributed by atoms with Crippen LogP contribution in [0.2, 0.25) is 0 Å². The van der Waals surface area contributed by atoms with E-state index in [0.717, 1.165) is 155 Å². The summed E-state index contributed by atoms with van der Waals surface area (Å²) in [7, 11) is 11.6. The van der Waals surface area contributed by atoms with Gasteiger partial charge in [-0.15, -0.1) is 0 Å². The Hall–Kier alpha value is -7.69. The molecular formula is C88H127O16P. The van der Waals surface area contributed by atoms with E-state index < -0.39 is 7.60 Å². The van der Waals surface area contributed by atoms with Crippen LogP contribution >= 0.6 is 7.60 Å². The zero-order valence-corrected chi connectivity index (χ0v) is 68.6. The number of allylic oxidation sites excluding steroid dienone is 12. The Labute approximate surface area is 630 Å². The van der Waals surface area contributed by atoms with Crippen LogP contribution in [0.4, 0.5) is 0 Å². The van der Waals surface area contributed by atoms with E-state index in [0.29, 0.717) is 42.6 Å².